The van der Waals surface area contributed by atoms with Crippen LogP contribution in [-0.2, 0) is 5.41 Å². The zero-order valence-corrected chi connectivity index (χ0v) is 27.5. The summed E-state index contributed by atoms with van der Waals surface area (Å²) in [7, 11) is 0. The summed E-state index contributed by atoms with van der Waals surface area (Å²) in [6.45, 7) is 13.0. The molecule has 5 nitrogen and oxygen atoms in total. The lowest BCUT2D eigenvalue weighted by atomic mass is 9.82. The van der Waals surface area contributed by atoms with Crippen molar-refractivity contribution in [3.8, 4) is 56.8 Å². The van der Waals surface area contributed by atoms with Gasteiger partial charge in [0.1, 0.15) is 11.6 Å². The molecule has 5 heteroatoms. The van der Waals surface area contributed by atoms with Gasteiger partial charge in [-0.05, 0) is 40.5 Å². The van der Waals surface area contributed by atoms with Gasteiger partial charge >= 0.3 is 0 Å². The summed E-state index contributed by atoms with van der Waals surface area (Å²) in [5.74, 6) is 0.520. The van der Waals surface area contributed by atoms with Crippen LogP contribution in [0.2, 0.25) is 0 Å². The Morgan fingerprint density at radius 2 is 1.32 bits per heavy atom. The van der Waals surface area contributed by atoms with Gasteiger partial charge in [-0.25, -0.2) is 14.8 Å². The maximum Gasteiger partial charge on any atom is 0.211 e. The Labute approximate surface area is 290 Å². The van der Waals surface area contributed by atoms with Crippen LogP contribution in [0.5, 0.6) is 0 Å². The topological polar surface area (TPSA) is 58.9 Å². The average Bonchev–Trinajstić information content (AvgIpc) is 3.63. The van der Waals surface area contributed by atoms with E-state index in [4.69, 9.17) is 16.5 Å². The molecular weight excluding hydrogens is 611 g/mol. The van der Waals surface area contributed by atoms with Crippen molar-refractivity contribution in [3.05, 3.63) is 168 Å². The van der Waals surface area contributed by atoms with Crippen LogP contribution in [0.3, 0.4) is 0 Å². The molecule has 234 valence electrons. The lowest BCUT2D eigenvalue weighted by Crippen LogP contribution is -2.14. The van der Waals surface area contributed by atoms with Crippen molar-refractivity contribution in [3.63, 3.8) is 0 Å². The molecule has 0 saturated heterocycles. The standard InChI is InChI=1S/C45H29N5/c1-45(2)35-20-12-10-19-33(35)40-36(45)24-23-32-31-18-11-13-21-38(31)50(43(32)40)39-25-22-30(26-37(39)47-3)42-34(27-46)41(28-14-6-4-7-15-28)48-44(49-42)29-16-8-5-9-17-29/h4-26H,1-2H3. The van der Waals surface area contributed by atoms with E-state index in [9.17, 15) is 5.26 Å². The Bertz CT molecular complexity index is 2740. The fourth-order valence-corrected chi connectivity index (χ4v) is 7.74. The molecule has 2 heterocycles. The summed E-state index contributed by atoms with van der Waals surface area (Å²) in [4.78, 5) is 14.0. The van der Waals surface area contributed by atoms with Crippen molar-refractivity contribution in [1.82, 2.24) is 14.5 Å². The first-order valence-corrected chi connectivity index (χ1v) is 16.6. The SMILES string of the molecule is [C-]#[N+]c1cc(-c2nc(-c3ccccc3)nc(-c3ccccc3)c2C#N)ccc1-n1c2ccccc2c2ccc3c(c21)-c1ccccc1C3(C)C. The van der Waals surface area contributed by atoms with Gasteiger partial charge in [-0.15, -0.1) is 0 Å². The first kappa shape index (κ1) is 29.3. The molecule has 0 bridgehead atoms. The number of nitrogens with zero attached hydrogens (tertiary/aromatic N) is 5. The molecule has 0 N–H and O–H groups in total. The molecule has 0 aliphatic heterocycles. The van der Waals surface area contributed by atoms with Crippen molar-refractivity contribution in [2.45, 2.75) is 19.3 Å². The summed E-state index contributed by atoms with van der Waals surface area (Å²) in [6, 6.07) is 49.4. The second-order valence-corrected chi connectivity index (χ2v) is 13.2. The molecule has 0 spiro atoms. The fraction of sp³-hybridized carbons (Fsp3) is 0.0667. The van der Waals surface area contributed by atoms with Crippen LogP contribution in [0, 0.1) is 17.9 Å². The van der Waals surface area contributed by atoms with E-state index in [0.717, 1.165) is 38.6 Å². The first-order valence-electron chi connectivity index (χ1n) is 16.6. The smallest absolute Gasteiger partial charge is 0.211 e. The maximum absolute atomic E-state index is 10.6. The molecule has 1 aliphatic carbocycles. The number of aromatic nitrogens is 3. The molecule has 0 unspecified atom stereocenters. The molecular formula is C45H29N5. The third-order valence-corrected chi connectivity index (χ3v) is 10.1. The van der Waals surface area contributed by atoms with Crippen LogP contribution in [0.4, 0.5) is 5.69 Å². The van der Waals surface area contributed by atoms with E-state index < -0.39 is 0 Å². The normalized spacial score (nSPS) is 12.7. The summed E-state index contributed by atoms with van der Waals surface area (Å²) in [6.07, 6.45) is 0. The predicted molar refractivity (Wildman–Crippen MR) is 201 cm³/mol. The van der Waals surface area contributed by atoms with Gasteiger partial charge in [-0.1, -0.05) is 135 Å². The van der Waals surface area contributed by atoms with E-state index in [1.807, 2.05) is 78.9 Å². The third kappa shape index (κ3) is 4.24. The summed E-state index contributed by atoms with van der Waals surface area (Å²) < 4.78 is 2.26. The van der Waals surface area contributed by atoms with E-state index in [1.165, 1.54) is 22.3 Å². The minimum Gasteiger partial charge on any atom is -0.318 e. The van der Waals surface area contributed by atoms with Gasteiger partial charge in [0.15, 0.2) is 5.82 Å². The average molecular weight is 640 g/mol. The molecule has 1 aliphatic rings. The summed E-state index contributed by atoms with van der Waals surface area (Å²) >= 11 is 0. The number of rotatable bonds is 4. The van der Waals surface area contributed by atoms with Gasteiger partial charge in [0.05, 0.1) is 34.7 Å². The van der Waals surface area contributed by atoms with Crippen LogP contribution in [0.1, 0.15) is 30.5 Å². The highest BCUT2D eigenvalue weighted by Gasteiger charge is 2.37. The monoisotopic (exact) mass is 639 g/mol. The van der Waals surface area contributed by atoms with E-state index >= 15 is 0 Å². The van der Waals surface area contributed by atoms with E-state index in [-0.39, 0.29) is 5.41 Å². The molecule has 0 amide bonds. The van der Waals surface area contributed by atoms with Crippen molar-refractivity contribution >= 4 is 27.5 Å². The fourth-order valence-electron chi connectivity index (χ4n) is 7.74. The second-order valence-electron chi connectivity index (χ2n) is 13.2. The zero-order valence-electron chi connectivity index (χ0n) is 27.5. The Hall–Kier alpha value is -6.82. The maximum atomic E-state index is 10.6. The number of benzene rings is 6. The number of nitriles is 1. The van der Waals surface area contributed by atoms with Crippen LogP contribution >= 0.6 is 0 Å². The Morgan fingerprint density at radius 3 is 2.06 bits per heavy atom. The van der Waals surface area contributed by atoms with E-state index in [1.54, 1.807) is 0 Å². The number of para-hydroxylation sites is 1. The van der Waals surface area contributed by atoms with Crippen molar-refractivity contribution < 1.29 is 0 Å². The second kappa shape index (κ2) is 11.1. The highest BCUT2D eigenvalue weighted by Crippen LogP contribution is 2.53. The van der Waals surface area contributed by atoms with Gasteiger partial charge in [-0.3, -0.25) is 0 Å². The van der Waals surface area contributed by atoms with Gasteiger partial charge in [0.25, 0.3) is 0 Å². The molecule has 6 aromatic carbocycles. The van der Waals surface area contributed by atoms with Gasteiger partial charge in [0.2, 0.25) is 5.69 Å². The van der Waals surface area contributed by atoms with Crippen molar-refractivity contribution in [2.24, 2.45) is 0 Å². The van der Waals surface area contributed by atoms with Gasteiger partial charge in [-0.2, -0.15) is 5.26 Å². The minimum absolute atomic E-state index is 0.165. The molecule has 0 fully saturated rings. The molecule has 2 aromatic heterocycles. The minimum atomic E-state index is -0.165. The highest BCUT2D eigenvalue weighted by molar-refractivity contribution is 6.16. The number of hydrogen-bond donors (Lipinski definition) is 0. The number of hydrogen-bond acceptors (Lipinski definition) is 3. The Kier molecular flexibility index (Phi) is 6.53. The lowest BCUT2D eigenvalue weighted by molar-refractivity contribution is 0.661. The largest absolute Gasteiger partial charge is 0.318 e. The molecule has 0 saturated carbocycles. The zero-order chi connectivity index (χ0) is 34.0. The van der Waals surface area contributed by atoms with Crippen molar-refractivity contribution in [1.29, 1.82) is 5.26 Å². The Morgan fingerprint density at radius 1 is 0.660 bits per heavy atom. The van der Waals surface area contributed by atoms with E-state index in [0.29, 0.717) is 34.0 Å². The summed E-state index contributed by atoms with van der Waals surface area (Å²) in [5, 5.41) is 12.9. The molecule has 50 heavy (non-hydrogen) atoms. The highest BCUT2D eigenvalue weighted by atomic mass is 15.0. The molecule has 9 rings (SSSR count). The first-order chi connectivity index (χ1) is 24.5. The van der Waals surface area contributed by atoms with Crippen LogP contribution < -0.4 is 0 Å². The summed E-state index contributed by atoms with van der Waals surface area (Å²) in [5.41, 5.74) is 12.0. The Balaban J connectivity index is 1.32. The van der Waals surface area contributed by atoms with E-state index in [2.05, 4.69) is 90.0 Å². The molecule has 0 atom stereocenters. The third-order valence-electron chi connectivity index (χ3n) is 10.1. The lowest BCUT2D eigenvalue weighted by Gasteiger charge is -2.21. The van der Waals surface area contributed by atoms with Gasteiger partial charge in [0, 0.05) is 32.9 Å². The van der Waals surface area contributed by atoms with Crippen molar-refractivity contribution in [2.75, 3.05) is 0 Å². The quantitative estimate of drug-likeness (QED) is 0.180. The van der Waals surface area contributed by atoms with Crippen LogP contribution in [0.25, 0.3) is 77.4 Å². The predicted octanol–water partition coefficient (Wildman–Crippen LogP) is 11.3. The van der Waals surface area contributed by atoms with Gasteiger partial charge < -0.3 is 4.57 Å². The number of fused-ring (bicyclic) bond motifs is 7. The van der Waals surface area contributed by atoms with Crippen LogP contribution in [-0.4, -0.2) is 14.5 Å². The molecule has 0 radical (unpaired) electrons. The molecule has 8 aromatic rings. The van der Waals surface area contributed by atoms with Crippen LogP contribution in [0.15, 0.2) is 140 Å².